The van der Waals surface area contributed by atoms with Gasteiger partial charge in [-0.25, -0.2) is 4.98 Å². The normalized spacial score (nSPS) is 20.7. The first kappa shape index (κ1) is 10.7. The predicted octanol–water partition coefficient (Wildman–Crippen LogP) is 1.51. The van der Waals surface area contributed by atoms with Gasteiger partial charge in [-0.3, -0.25) is 4.79 Å². The molecule has 0 aromatic carbocycles. The van der Waals surface area contributed by atoms with Gasteiger partial charge in [-0.2, -0.15) is 0 Å². The molecular weight excluding hydrogens is 234 g/mol. The van der Waals surface area contributed by atoms with Crippen molar-refractivity contribution in [2.45, 2.75) is 19.4 Å². The first-order valence-corrected chi connectivity index (χ1v) is 6.04. The highest BCUT2D eigenvalue weighted by molar-refractivity contribution is 7.14. The van der Waals surface area contributed by atoms with Crippen LogP contribution >= 0.6 is 22.9 Å². The molecular formula is C9H12ClN3OS. The molecule has 0 bridgehead atoms. The van der Waals surface area contributed by atoms with E-state index in [1.807, 2.05) is 5.38 Å². The molecule has 0 saturated carbocycles. The van der Waals surface area contributed by atoms with Crippen LogP contribution in [0.3, 0.4) is 0 Å². The van der Waals surface area contributed by atoms with E-state index in [2.05, 4.69) is 15.2 Å². The molecule has 1 aromatic rings. The van der Waals surface area contributed by atoms with Crippen molar-refractivity contribution in [2.75, 3.05) is 18.0 Å². The molecule has 0 spiro atoms. The third-order valence-corrected chi connectivity index (χ3v) is 3.55. The molecule has 1 fully saturated rings. The third kappa shape index (κ3) is 2.60. The third-order valence-electron chi connectivity index (χ3n) is 2.33. The van der Waals surface area contributed by atoms with E-state index in [9.17, 15) is 4.79 Å². The summed E-state index contributed by atoms with van der Waals surface area (Å²) in [4.78, 5) is 17.2. The van der Waals surface area contributed by atoms with Crippen LogP contribution in [0.4, 0.5) is 5.13 Å². The van der Waals surface area contributed by atoms with E-state index in [1.54, 1.807) is 6.92 Å². The second-order valence-electron chi connectivity index (χ2n) is 3.58. The summed E-state index contributed by atoms with van der Waals surface area (Å²) in [5, 5.41) is 6.21. The zero-order valence-electron chi connectivity index (χ0n) is 8.36. The molecule has 4 nitrogen and oxygen atoms in total. The van der Waals surface area contributed by atoms with Gasteiger partial charge < -0.3 is 10.2 Å². The molecule has 1 saturated heterocycles. The minimum absolute atomic E-state index is 0.0269. The molecule has 1 aliphatic heterocycles. The monoisotopic (exact) mass is 245 g/mol. The van der Waals surface area contributed by atoms with Crippen LogP contribution in [0.2, 0.25) is 5.15 Å². The molecule has 15 heavy (non-hydrogen) atoms. The number of carbonyl (C=O) groups is 1. The quantitative estimate of drug-likeness (QED) is 0.859. The summed E-state index contributed by atoms with van der Waals surface area (Å²) >= 11 is 7.30. The Balaban J connectivity index is 1.95. The fraction of sp³-hybridized carbons (Fsp3) is 0.556. The number of nitrogens with one attached hydrogen (secondary N) is 1. The Labute approximate surface area is 97.2 Å². The molecule has 6 heteroatoms. The highest BCUT2D eigenvalue weighted by Crippen LogP contribution is 2.26. The minimum atomic E-state index is 0.0269. The van der Waals surface area contributed by atoms with Gasteiger partial charge in [0.2, 0.25) is 5.91 Å². The van der Waals surface area contributed by atoms with E-state index in [0.29, 0.717) is 5.15 Å². The standard InChI is InChI=1S/C9H12ClN3OS/c1-6(14)11-7-2-3-13(4-7)9-12-8(10)5-15-9/h5,7H,2-4H2,1H3,(H,11,14). The predicted molar refractivity (Wildman–Crippen MR) is 61.6 cm³/mol. The van der Waals surface area contributed by atoms with Crippen LogP contribution in [0, 0.1) is 0 Å². The average Bonchev–Trinajstić information content (AvgIpc) is 2.72. The van der Waals surface area contributed by atoms with Crippen LogP contribution in [-0.2, 0) is 4.79 Å². The lowest BCUT2D eigenvalue weighted by molar-refractivity contribution is -0.119. The molecule has 1 N–H and O–H groups in total. The summed E-state index contributed by atoms with van der Waals surface area (Å²) in [5.41, 5.74) is 0. The lowest BCUT2D eigenvalue weighted by Crippen LogP contribution is -2.35. The summed E-state index contributed by atoms with van der Waals surface area (Å²) in [6.45, 7) is 3.29. The SMILES string of the molecule is CC(=O)NC1CCN(c2nc(Cl)cs2)C1. The zero-order valence-corrected chi connectivity index (χ0v) is 9.94. The molecule has 2 rings (SSSR count). The van der Waals surface area contributed by atoms with Gasteiger partial charge in [-0.05, 0) is 6.42 Å². The van der Waals surface area contributed by atoms with Crippen molar-refractivity contribution in [3.05, 3.63) is 10.5 Å². The molecule has 82 valence electrons. The van der Waals surface area contributed by atoms with Gasteiger partial charge >= 0.3 is 0 Å². The maximum atomic E-state index is 10.9. The van der Waals surface area contributed by atoms with Crippen LogP contribution in [0.25, 0.3) is 0 Å². The second kappa shape index (κ2) is 4.37. The molecule has 1 aliphatic rings. The molecule has 2 heterocycles. The lowest BCUT2D eigenvalue weighted by atomic mass is 10.3. The second-order valence-corrected chi connectivity index (χ2v) is 4.81. The van der Waals surface area contributed by atoms with Crippen LogP contribution in [0.1, 0.15) is 13.3 Å². The van der Waals surface area contributed by atoms with Crippen molar-refractivity contribution in [1.82, 2.24) is 10.3 Å². The zero-order chi connectivity index (χ0) is 10.8. The first-order valence-electron chi connectivity index (χ1n) is 4.78. The van der Waals surface area contributed by atoms with E-state index < -0.39 is 0 Å². The Hall–Kier alpha value is -0.810. The van der Waals surface area contributed by atoms with Gasteiger partial charge in [0.15, 0.2) is 5.13 Å². The van der Waals surface area contributed by atoms with E-state index in [0.717, 1.165) is 24.6 Å². The number of anilines is 1. The molecule has 1 unspecified atom stereocenters. The Morgan fingerprint density at radius 2 is 2.60 bits per heavy atom. The molecule has 0 aliphatic carbocycles. The van der Waals surface area contributed by atoms with Crippen LogP contribution in [0.15, 0.2) is 5.38 Å². The fourth-order valence-electron chi connectivity index (χ4n) is 1.73. The topological polar surface area (TPSA) is 45.2 Å². The number of hydrogen-bond donors (Lipinski definition) is 1. The van der Waals surface area contributed by atoms with Crippen molar-refractivity contribution < 1.29 is 4.79 Å². The minimum Gasteiger partial charge on any atom is -0.352 e. The number of thiazole rings is 1. The number of rotatable bonds is 2. The van der Waals surface area contributed by atoms with Gasteiger partial charge in [0.1, 0.15) is 5.15 Å². The average molecular weight is 246 g/mol. The van der Waals surface area contributed by atoms with Gasteiger partial charge in [0, 0.05) is 31.4 Å². The summed E-state index contributed by atoms with van der Waals surface area (Å²) in [6, 6.07) is 0.241. The molecule has 1 aromatic heterocycles. The number of hydrogen-bond acceptors (Lipinski definition) is 4. The van der Waals surface area contributed by atoms with Crippen LogP contribution < -0.4 is 10.2 Å². The van der Waals surface area contributed by atoms with Crippen molar-refractivity contribution >= 4 is 34.0 Å². The number of halogens is 1. The number of nitrogens with zero attached hydrogens (tertiary/aromatic N) is 2. The van der Waals surface area contributed by atoms with E-state index in [4.69, 9.17) is 11.6 Å². The van der Waals surface area contributed by atoms with Gasteiger partial charge in [-0.1, -0.05) is 11.6 Å². The Kier molecular flexibility index (Phi) is 3.11. The van der Waals surface area contributed by atoms with E-state index >= 15 is 0 Å². The fourth-order valence-corrected chi connectivity index (χ4v) is 2.72. The Bertz CT molecular complexity index is 368. The van der Waals surface area contributed by atoms with E-state index in [1.165, 1.54) is 11.3 Å². The number of carbonyl (C=O) groups excluding carboxylic acids is 1. The molecule has 1 atom stereocenters. The largest absolute Gasteiger partial charge is 0.352 e. The summed E-state index contributed by atoms with van der Waals surface area (Å²) < 4.78 is 0. The van der Waals surface area contributed by atoms with E-state index in [-0.39, 0.29) is 11.9 Å². The molecule has 1 amide bonds. The van der Waals surface area contributed by atoms with Crippen molar-refractivity contribution in [3.63, 3.8) is 0 Å². The van der Waals surface area contributed by atoms with Gasteiger partial charge in [0.25, 0.3) is 0 Å². The first-order chi connectivity index (χ1) is 7.15. The highest BCUT2D eigenvalue weighted by Gasteiger charge is 2.24. The van der Waals surface area contributed by atoms with Crippen molar-refractivity contribution in [1.29, 1.82) is 0 Å². The summed E-state index contributed by atoms with van der Waals surface area (Å²) in [7, 11) is 0. The number of amides is 1. The van der Waals surface area contributed by atoms with Crippen LogP contribution in [0.5, 0.6) is 0 Å². The number of aromatic nitrogens is 1. The smallest absolute Gasteiger partial charge is 0.217 e. The highest BCUT2D eigenvalue weighted by atomic mass is 35.5. The summed E-state index contributed by atoms with van der Waals surface area (Å²) in [6.07, 6.45) is 0.969. The Morgan fingerprint density at radius 1 is 1.80 bits per heavy atom. The van der Waals surface area contributed by atoms with Crippen molar-refractivity contribution in [2.24, 2.45) is 0 Å². The molecule has 0 radical (unpaired) electrons. The Morgan fingerprint density at radius 3 is 3.20 bits per heavy atom. The van der Waals surface area contributed by atoms with Crippen LogP contribution in [-0.4, -0.2) is 30.0 Å². The van der Waals surface area contributed by atoms with Gasteiger partial charge in [0.05, 0.1) is 0 Å². The maximum absolute atomic E-state index is 10.9. The lowest BCUT2D eigenvalue weighted by Gasteiger charge is -2.14. The van der Waals surface area contributed by atoms with Gasteiger partial charge in [-0.15, -0.1) is 11.3 Å². The summed E-state index contributed by atoms with van der Waals surface area (Å²) in [5.74, 6) is 0.0269. The van der Waals surface area contributed by atoms with Crippen molar-refractivity contribution in [3.8, 4) is 0 Å². The maximum Gasteiger partial charge on any atom is 0.217 e.